The molecule has 0 atom stereocenters. The highest BCUT2D eigenvalue weighted by Crippen LogP contribution is 2.17. The average Bonchev–Trinajstić information content (AvgIpc) is 2.15. The Morgan fingerprint density at radius 1 is 1.00 bits per heavy atom. The van der Waals surface area contributed by atoms with E-state index in [0.717, 1.165) is 18.9 Å². The molecule has 0 aromatic heterocycles. The Labute approximate surface area is 82.8 Å². The van der Waals surface area contributed by atoms with Gasteiger partial charge in [0.25, 0.3) is 0 Å². The van der Waals surface area contributed by atoms with Gasteiger partial charge >= 0.3 is 8.80 Å². The van der Waals surface area contributed by atoms with E-state index >= 15 is 0 Å². The first kappa shape index (κ1) is 13.1. The summed E-state index contributed by atoms with van der Waals surface area (Å²) in [5, 5.41) is 0. The summed E-state index contributed by atoms with van der Waals surface area (Å²) in [6.45, 7) is 7.46. The second-order valence-corrected chi connectivity index (χ2v) is 5.71. The predicted molar refractivity (Wildman–Crippen MR) is 55.7 cm³/mol. The maximum atomic E-state index is 5.62. The fourth-order valence-electron chi connectivity index (χ4n) is 1.24. The number of hydrogen-bond donors (Lipinski definition) is 0. The Morgan fingerprint density at radius 2 is 1.54 bits per heavy atom. The summed E-state index contributed by atoms with van der Waals surface area (Å²) in [7, 11) is -0.603. The lowest BCUT2D eigenvalue weighted by molar-refractivity contribution is 0.0861. The minimum absolute atomic E-state index is 0.670. The van der Waals surface area contributed by atoms with Crippen LogP contribution in [0.3, 0.4) is 0 Å². The minimum Gasteiger partial charge on any atom is -0.377 e. The SMILES string of the molecule is CCCC[Si](OC)(OCC)OCC. The minimum atomic E-state index is -2.29. The Balaban J connectivity index is 4.07. The number of unbranched alkanes of at least 4 members (excludes halogenated alkanes) is 1. The molecule has 0 heterocycles. The van der Waals surface area contributed by atoms with Crippen molar-refractivity contribution in [2.75, 3.05) is 20.3 Å². The molecular weight excluding hydrogens is 184 g/mol. The molecule has 0 saturated heterocycles. The van der Waals surface area contributed by atoms with E-state index in [1.165, 1.54) is 0 Å². The molecule has 0 saturated carbocycles. The predicted octanol–water partition coefficient (Wildman–Crippen LogP) is 2.44. The standard InChI is InChI=1S/C9H22O3Si/c1-5-8-9-13(10-4,11-6-2)12-7-3/h5-9H2,1-4H3. The zero-order valence-corrected chi connectivity index (χ0v) is 10.3. The fraction of sp³-hybridized carbons (Fsp3) is 1.00. The van der Waals surface area contributed by atoms with Gasteiger partial charge in [0.2, 0.25) is 0 Å². The molecule has 0 bridgehead atoms. The fourth-order valence-corrected chi connectivity index (χ4v) is 3.72. The summed E-state index contributed by atoms with van der Waals surface area (Å²) >= 11 is 0. The molecule has 3 nitrogen and oxygen atoms in total. The van der Waals surface area contributed by atoms with Crippen LogP contribution in [-0.2, 0) is 13.3 Å². The van der Waals surface area contributed by atoms with E-state index in [-0.39, 0.29) is 0 Å². The smallest absolute Gasteiger partial charge is 0.377 e. The zero-order valence-electron chi connectivity index (χ0n) is 9.26. The lowest BCUT2D eigenvalue weighted by Gasteiger charge is -2.26. The summed E-state index contributed by atoms with van der Waals surface area (Å²) in [6.07, 6.45) is 2.26. The van der Waals surface area contributed by atoms with Gasteiger partial charge in [-0.15, -0.1) is 0 Å². The molecule has 0 spiro atoms. The summed E-state index contributed by atoms with van der Waals surface area (Å²) < 4.78 is 16.6. The van der Waals surface area contributed by atoms with E-state index in [1.807, 2.05) is 13.8 Å². The molecule has 0 aromatic carbocycles. The van der Waals surface area contributed by atoms with Crippen molar-refractivity contribution < 1.29 is 13.3 Å². The van der Waals surface area contributed by atoms with Gasteiger partial charge in [-0.1, -0.05) is 13.3 Å². The van der Waals surface area contributed by atoms with Crippen LogP contribution in [-0.4, -0.2) is 29.1 Å². The van der Waals surface area contributed by atoms with Crippen LogP contribution >= 0.6 is 0 Å². The zero-order chi connectivity index (χ0) is 10.2. The molecule has 4 heteroatoms. The van der Waals surface area contributed by atoms with Gasteiger partial charge in [-0.3, -0.25) is 0 Å². The van der Waals surface area contributed by atoms with E-state index in [4.69, 9.17) is 13.3 Å². The summed E-state index contributed by atoms with van der Waals surface area (Å²) in [5.74, 6) is 0. The average molecular weight is 206 g/mol. The van der Waals surface area contributed by atoms with Crippen molar-refractivity contribution in [3.05, 3.63) is 0 Å². The molecule has 0 unspecified atom stereocenters. The van der Waals surface area contributed by atoms with Crippen molar-refractivity contribution in [2.45, 2.75) is 39.7 Å². The molecule has 0 aliphatic carbocycles. The largest absolute Gasteiger partial charge is 0.500 e. The van der Waals surface area contributed by atoms with Gasteiger partial charge in [0.15, 0.2) is 0 Å². The van der Waals surface area contributed by atoms with Crippen LogP contribution in [0, 0.1) is 0 Å². The van der Waals surface area contributed by atoms with E-state index in [0.29, 0.717) is 13.2 Å². The number of rotatable bonds is 8. The van der Waals surface area contributed by atoms with E-state index in [2.05, 4.69) is 6.92 Å². The lowest BCUT2D eigenvalue weighted by atomic mass is 10.4. The Hall–Kier alpha value is 0.0969. The van der Waals surface area contributed by atoms with Crippen LogP contribution in [0.5, 0.6) is 0 Å². The van der Waals surface area contributed by atoms with Crippen molar-refractivity contribution in [2.24, 2.45) is 0 Å². The Morgan fingerprint density at radius 3 is 1.85 bits per heavy atom. The lowest BCUT2D eigenvalue weighted by Crippen LogP contribution is -2.44. The highest BCUT2D eigenvalue weighted by Gasteiger charge is 2.38. The highest BCUT2D eigenvalue weighted by atomic mass is 28.4. The molecule has 0 aliphatic heterocycles. The maximum Gasteiger partial charge on any atom is 0.500 e. The van der Waals surface area contributed by atoms with Gasteiger partial charge in [-0.05, 0) is 20.3 Å². The quantitative estimate of drug-likeness (QED) is 0.571. The van der Waals surface area contributed by atoms with E-state index < -0.39 is 8.80 Å². The van der Waals surface area contributed by atoms with Crippen LogP contribution in [0.2, 0.25) is 6.04 Å². The van der Waals surface area contributed by atoms with Gasteiger partial charge in [0.1, 0.15) is 0 Å². The number of hydrogen-bond acceptors (Lipinski definition) is 3. The first-order chi connectivity index (χ1) is 6.24. The third-order valence-corrected chi connectivity index (χ3v) is 4.92. The van der Waals surface area contributed by atoms with Crippen molar-refractivity contribution in [1.82, 2.24) is 0 Å². The summed E-state index contributed by atoms with van der Waals surface area (Å²) in [5.41, 5.74) is 0. The monoisotopic (exact) mass is 206 g/mol. The van der Waals surface area contributed by atoms with Gasteiger partial charge in [-0.25, -0.2) is 0 Å². The van der Waals surface area contributed by atoms with Gasteiger partial charge in [0.05, 0.1) is 0 Å². The molecule has 0 fully saturated rings. The normalized spacial score (nSPS) is 12.0. The topological polar surface area (TPSA) is 27.7 Å². The second-order valence-electron chi connectivity index (χ2n) is 2.86. The molecule has 0 rings (SSSR count). The van der Waals surface area contributed by atoms with Crippen LogP contribution in [0.1, 0.15) is 33.6 Å². The summed E-state index contributed by atoms with van der Waals surface area (Å²) in [4.78, 5) is 0. The second kappa shape index (κ2) is 7.50. The van der Waals surface area contributed by atoms with Crippen molar-refractivity contribution in [3.63, 3.8) is 0 Å². The molecular formula is C9H22O3Si. The third-order valence-electron chi connectivity index (χ3n) is 1.88. The van der Waals surface area contributed by atoms with E-state index in [1.54, 1.807) is 7.11 Å². The molecule has 13 heavy (non-hydrogen) atoms. The Bertz CT molecular complexity index is 113. The van der Waals surface area contributed by atoms with Crippen LogP contribution in [0.15, 0.2) is 0 Å². The van der Waals surface area contributed by atoms with Crippen LogP contribution in [0.25, 0.3) is 0 Å². The molecule has 0 aliphatic rings. The molecule has 0 aromatic rings. The van der Waals surface area contributed by atoms with Crippen LogP contribution < -0.4 is 0 Å². The molecule has 0 amide bonds. The van der Waals surface area contributed by atoms with Crippen molar-refractivity contribution >= 4 is 8.80 Å². The Kier molecular flexibility index (Phi) is 7.55. The van der Waals surface area contributed by atoms with E-state index in [9.17, 15) is 0 Å². The first-order valence-electron chi connectivity index (χ1n) is 5.07. The summed E-state index contributed by atoms with van der Waals surface area (Å²) in [6, 6.07) is 0.932. The highest BCUT2D eigenvalue weighted by molar-refractivity contribution is 6.60. The third kappa shape index (κ3) is 4.76. The van der Waals surface area contributed by atoms with Crippen LogP contribution in [0.4, 0.5) is 0 Å². The molecule has 80 valence electrons. The van der Waals surface area contributed by atoms with Gasteiger partial charge < -0.3 is 13.3 Å². The molecule has 0 N–H and O–H groups in total. The molecule has 0 radical (unpaired) electrons. The van der Waals surface area contributed by atoms with Gasteiger partial charge in [-0.2, -0.15) is 0 Å². The first-order valence-corrected chi connectivity index (χ1v) is 7.00. The van der Waals surface area contributed by atoms with Crippen molar-refractivity contribution in [1.29, 1.82) is 0 Å². The maximum absolute atomic E-state index is 5.62. The van der Waals surface area contributed by atoms with Gasteiger partial charge in [0, 0.05) is 26.4 Å². The van der Waals surface area contributed by atoms with Crippen molar-refractivity contribution in [3.8, 4) is 0 Å².